The molecule has 2 fully saturated rings. The van der Waals surface area contributed by atoms with Crippen molar-refractivity contribution in [3.8, 4) is 0 Å². The van der Waals surface area contributed by atoms with Crippen LogP contribution >= 0.6 is 0 Å². The van der Waals surface area contributed by atoms with Gasteiger partial charge in [0.15, 0.2) is 0 Å². The van der Waals surface area contributed by atoms with Crippen molar-refractivity contribution in [2.45, 2.75) is 44.1 Å². The molecule has 2 saturated heterocycles. The molecule has 1 unspecified atom stereocenters. The summed E-state index contributed by atoms with van der Waals surface area (Å²) in [4.78, 5) is 38.0. The van der Waals surface area contributed by atoms with Crippen molar-refractivity contribution in [3.63, 3.8) is 0 Å². The second-order valence-electron chi connectivity index (χ2n) is 8.09. The Hall–Kier alpha value is -3.04. The van der Waals surface area contributed by atoms with Crippen LogP contribution in [0.4, 0.5) is 0 Å². The molecule has 3 N–H and O–H groups in total. The van der Waals surface area contributed by atoms with Crippen molar-refractivity contribution in [2.75, 3.05) is 13.1 Å². The number of fused-ring (bicyclic) bond motifs is 1. The van der Waals surface area contributed by atoms with E-state index in [1.165, 1.54) is 0 Å². The van der Waals surface area contributed by atoms with Crippen LogP contribution in [0.2, 0.25) is 0 Å². The third-order valence-corrected chi connectivity index (χ3v) is 6.20. The van der Waals surface area contributed by atoms with E-state index in [-0.39, 0.29) is 36.2 Å². The lowest BCUT2D eigenvalue weighted by Crippen LogP contribution is -2.52. The summed E-state index contributed by atoms with van der Waals surface area (Å²) >= 11 is 0. The van der Waals surface area contributed by atoms with Crippen molar-refractivity contribution in [1.82, 2.24) is 30.6 Å². The molecule has 0 saturated carbocycles. The van der Waals surface area contributed by atoms with E-state index in [9.17, 15) is 14.4 Å². The maximum Gasteiger partial charge on any atom is 0.255 e. The van der Waals surface area contributed by atoms with Gasteiger partial charge in [-0.25, -0.2) is 0 Å². The number of carbonyl (C=O) groups excluding carboxylic acids is 3. The summed E-state index contributed by atoms with van der Waals surface area (Å²) < 4.78 is 1.98. The Balaban J connectivity index is 1.26. The van der Waals surface area contributed by atoms with Crippen LogP contribution < -0.4 is 16.0 Å². The van der Waals surface area contributed by atoms with Gasteiger partial charge in [-0.1, -0.05) is 12.1 Å². The van der Waals surface area contributed by atoms with Crippen LogP contribution in [-0.4, -0.2) is 57.6 Å². The van der Waals surface area contributed by atoms with Gasteiger partial charge >= 0.3 is 0 Å². The molecule has 4 heterocycles. The average molecular weight is 408 g/mol. The Kier molecular flexibility index (Phi) is 4.84. The quantitative estimate of drug-likeness (QED) is 0.599. The number of nitrogens with one attached hydrogen (secondary N) is 3. The molecule has 5 rings (SSSR count). The summed E-state index contributed by atoms with van der Waals surface area (Å²) in [5.41, 5.74) is 2.66. The summed E-state index contributed by atoms with van der Waals surface area (Å²) in [6.07, 6.45) is 4.42. The number of hydrogen-bond acceptors (Lipinski definition) is 6. The molecule has 0 spiro atoms. The highest BCUT2D eigenvalue weighted by atomic mass is 16.2. The minimum absolute atomic E-state index is 0.141. The summed E-state index contributed by atoms with van der Waals surface area (Å²) in [5.74, 6) is -0.797. The molecule has 3 aliphatic rings. The highest BCUT2D eigenvalue weighted by Crippen LogP contribution is 2.28. The number of aromatic nitrogens is 2. The average Bonchev–Trinajstić information content (AvgIpc) is 3.47. The van der Waals surface area contributed by atoms with E-state index in [0.717, 1.165) is 24.2 Å². The summed E-state index contributed by atoms with van der Waals surface area (Å²) in [7, 11) is 0. The first-order chi connectivity index (χ1) is 14.6. The number of nitrogens with zero attached hydrogens (tertiary/aromatic N) is 3. The number of rotatable bonds is 5. The maximum atomic E-state index is 12.8. The highest BCUT2D eigenvalue weighted by molar-refractivity contribution is 6.05. The van der Waals surface area contributed by atoms with Gasteiger partial charge in [0.05, 0.1) is 6.04 Å². The Morgan fingerprint density at radius 3 is 2.90 bits per heavy atom. The molecular formula is C21H24N6O3. The second kappa shape index (κ2) is 7.66. The molecule has 3 atom stereocenters. The monoisotopic (exact) mass is 408 g/mol. The van der Waals surface area contributed by atoms with E-state index in [1.807, 2.05) is 35.1 Å². The lowest BCUT2D eigenvalue weighted by molar-refractivity contribution is -0.136. The van der Waals surface area contributed by atoms with Crippen LogP contribution in [0.25, 0.3) is 0 Å². The fourth-order valence-corrected chi connectivity index (χ4v) is 4.61. The summed E-state index contributed by atoms with van der Waals surface area (Å²) in [5, 5.41) is 13.7. The molecule has 1 aromatic carbocycles. The largest absolute Gasteiger partial charge is 0.322 e. The van der Waals surface area contributed by atoms with E-state index in [0.29, 0.717) is 25.1 Å². The first-order valence-electron chi connectivity index (χ1n) is 10.3. The first-order valence-corrected chi connectivity index (χ1v) is 10.3. The van der Waals surface area contributed by atoms with Gasteiger partial charge < -0.3 is 15.5 Å². The molecule has 9 nitrogen and oxygen atoms in total. The van der Waals surface area contributed by atoms with E-state index in [1.54, 1.807) is 11.1 Å². The molecule has 1 aromatic heterocycles. The molecular weight excluding hydrogens is 384 g/mol. The summed E-state index contributed by atoms with van der Waals surface area (Å²) in [6.45, 7) is 2.83. The third kappa shape index (κ3) is 3.40. The number of imide groups is 1. The summed E-state index contributed by atoms with van der Waals surface area (Å²) in [6, 6.07) is 7.72. The SMILES string of the molecule is O=C1CCC(N2Cc3cc(CN[C@@H]4CNC[C@@H]4n4cccn4)ccc3C2=O)C(=O)N1. The lowest BCUT2D eigenvalue weighted by Gasteiger charge is -2.29. The highest BCUT2D eigenvalue weighted by Gasteiger charge is 2.39. The zero-order chi connectivity index (χ0) is 20.7. The maximum absolute atomic E-state index is 12.8. The number of carbonyl (C=O) groups is 3. The molecule has 3 amide bonds. The Bertz CT molecular complexity index is 989. The van der Waals surface area contributed by atoms with Gasteiger partial charge in [-0.05, 0) is 29.7 Å². The first kappa shape index (κ1) is 19.0. The van der Waals surface area contributed by atoms with Gasteiger partial charge in [-0.15, -0.1) is 0 Å². The van der Waals surface area contributed by atoms with Crippen LogP contribution in [0.3, 0.4) is 0 Å². The minimum atomic E-state index is -0.580. The number of hydrogen-bond donors (Lipinski definition) is 3. The Morgan fingerprint density at radius 1 is 1.20 bits per heavy atom. The molecule has 30 heavy (non-hydrogen) atoms. The fraction of sp³-hybridized carbons (Fsp3) is 0.429. The number of piperidine rings is 1. The van der Waals surface area contributed by atoms with Crippen molar-refractivity contribution in [1.29, 1.82) is 0 Å². The number of benzene rings is 1. The van der Waals surface area contributed by atoms with Gasteiger partial charge in [0, 0.05) is 56.6 Å². The third-order valence-electron chi connectivity index (χ3n) is 6.20. The van der Waals surface area contributed by atoms with E-state index >= 15 is 0 Å². The predicted molar refractivity (Wildman–Crippen MR) is 107 cm³/mol. The Labute approximate surface area is 173 Å². The topological polar surface area (TPSA) is 108 Å². The van der Waals surface area contributed by atoms with Gasteiger partial charge in [0.2, 0.25) is 11.8 Å². The zero-order valence-corrected chi connectivity index (χ0v) is 16.5. The normalized spacial score (nSPS) is 26.2. The van der Waals surface area contributed by atoms with Gasteiger partial charge in [-0.2, -0.15) is 5.10 Å². The molecule has 0 aliphatic carbocycles. The number of amides is 3. The van der Waals surface area contributed by atoms with Crippen LogP contribution in [0, 0.1) is 0 Å². The standard InChI is InChI=1S/C21H24N6O3/c28-19-5-4-17(20(29)25-19)26-12-14-8-13(2-3-15(14)21(26)30)9-23-16-10-22-11-18(16)27-7-1-6-24-27/h1-3,6-8,16-18,22-23H,4-5,9-12H2,(H,25,28,29)/t16-,17?,18+/m1/s1. The van der Waals surface area contributed by atoms with Crippen LogP contribution in [-0.2, 0) is 22.7 Å². The minimum Gasteiger partial charge on any atom is -0.322 e. The molecule has 0 radical (unpaired) electrons. The van der Waals surface area contributed by atoms with E-state index in [2.05, 4.69) is 21.0 Å². The fourth-order valence-electron chi connectivity index (χ4n) is 4.61. The zero-order valence-electron chi connectivity index (χ0n) is 16.5. The van der Waals surface area contributed by atoms with Crippen molar-refractivity contribution in [3.05, 3.63) is 53.3 Å². The van der Waals surface area contributed by atoms with Crippen molar-refractivity contribution >= 4 is 17.7 Å². The molecule has 156 valence electrons. The van der Waals surface area contributed by atoms with Crippen LogP contribution in [0.5, 0.6) is 0 Å². The predicted octanol–water partition coefficient (Wildman–Crippen LogP) is -0.0532. The van der Waals surface area contributed by atoms with E-state index in [4.69, 9.17) is 0 Å². The van der Waals surface area contributed by atoms with Crippen LogP contribution in [0.15, 0.2) is 36.7 Å². The molecule has 9 heteroatoms. The van der Waals surface area contributed by atoms with Gasteiger partial charge in [0.1, 0.15) is 6.04 Å². The molecule has 0 bridgehead atoms. The molecule has 3 aliphatic heterocycles. The molecule has 2 aromatic rings. The van der Waals surface area contributed by atoms with Gasteiger partial charge in [-0.3, -0.25) is 24.4 Å². The van der Waals surface area contributed by atoms with Gasteiger partial charge in [0.25, 0.3) is 5.91 Å². The van der Waals surface area contributed by atoms with E-state index < -0.39 is 6.04 Å². The lowest BCUT2D eigenvalue weighted by atomic mass is 10.0. The van der Waals surface area contributed by atoms with Crippen molar-refractivity contribution in [2.24, 2.45) is 0 Å². The Morgan fingerprint density at radius 2 is 2.10 bits per heavy atom. The smallest absolute Gasteiger partial charge is 0.255 e. The van der Waals surface area contributed by atoms with Crippen LogP contribution in [0.1, 0.15) is 40.4 Å². The van der Waals surface area contributed by atoms with Crippen molar-refractivity contribution < 1.29 is 14.4 Å². The second-order valence-corrected chi connectivity index (χ2v) is 8.09.